The van der Waals surface area contributed by atoms with Gasteiger partial charge in [0.25, 0.3) is 0 Å². The summed E-state index contributed by atoms with van der Waals surface area (Å²) in [6, 6.07) is 5.79. The van der Waals surface area contributed by atoms with E-state index < -0.39 is 0 Å². The van der Waals surface area contributed by atoms with Crippen LogP contribution in [0.15, 0.2) is 29.4 Å². The predicted octanol–water partition coefficient (Wildman–Crippen LogP) is 3.35. The fraction of sp³-hybridized carbons (Fsp3) is 0.231. The van der Waals surface area contributed by atoms with Crippen LogP contribution in [-0.2, 0) is 0 Å². The molecule has 2 heterocycles. The molecule has 0 atom stereocenters. The van der Waals surface area contributed by atoms with Crippen molar-refractivity contribution in [1.29, 1.82) is 0 Å². The predicted molar refractivity (Wildman–Crippen MR) is 79.5 cm³/mol. The quantitative estimate of drug-likeness (QED) is 0.640. The molecule has 0 N–H and O–H groups in total. The van der Waals surface area contributed by atoms with Gasteiger partial charge in [-0.25, -0.2) is 9.97 Å². The number of hydrogen-bond acceptors (Lipinski definition) is 6. The van der Waals surface area contributed by atoms with Gasteiger partial charge in [0.2, 0.25) is 5.28 Å². The first kappa shape index (κ1) is 13.3. The number of benzene rings is 1. The highest BCUT2D eigenvalue weighted by Crippen LogP contribution is 2.43. The summed E-state index contributed by atoms with van der Waals surface area (Å²) in [5, 5.41) is 1.16. The van der Waals surface area contributed by atoms with Crippen molar-refractivity contribution >= 4 is 34.7 Å². The molecule has 0 saturated heterocycles. The summed E-state index contributed by atoms with van der Waals surface area (Å²) in [5.41, 5.74) is 1.95. The number of nitrogens with zero attached hydrogens (tertiary/aromatic N) is 3. The molecule has 0 amide bonds. The van der Waals surface area contributed by atoms with Crippen LogP contribution in [0.25, 0.3) is 0 Å². The number of thioether (sulfide) groups is 1. The fourth-order valence-electron chi connectivity index (χ4n) is 2.03. The lowest BCUT2D eigenvalue weighted by Crippen LogP contribution is -2.12. The van der Waals surface area contributed by atoms with Gasteiger partial charge in [0.15, 0.2) is 11.5 Å². The maximum absolute atomic E-state index is 5.81. The zero-order chi connectivity index (χ0) is 14.1. The molecule has 2 aromatic rings. The normalized spacial score (nSPS) is 13.2. The van der Waals surface area contributed by atoms with E-state index in [1.807, 2.05) is 18.2 Å². The lowest BCUT2D eigenvalue weighted by atomic mass is 10.2. The van der Waals surface area contributed by atoms with Crippen molar-refractivity contribution in [2.45, 2.75) is 5.03 Å². The third-order valence-corrected chi connectivity index (χ3v) is 4.15. The van der Waals surface area contributed by atoms with E-state index in [4.69, 9.17) is 21.1 Å². The molecule has 1 aromatic carbocycles. The van der Waals surface area contributed by atoms with E-state index in [9.17, 15) is 0 Å². The molecule has 0 bridgehead atoms. The van der Waals surface area contributed by atoms with E-state index in [1.54, 1.807) is 32.2 Å². The Morgan fingerprint density at radius 2 is 2.05 bits per heavy atom. The summed E-state index contributed by atoms with van der Waals surface area (Å²) in [4.78, 5) is 10.4. The largest absolute Gasteiger partial charge is 0.493 e. The molecule has 0 spiro atoms. The Balaban J connectivity index is 2.00. The SMILES string of the molecule is COc1ccc(N2CSc3nc(Cl)ncc32)cc1OC. The average Bonchev–Trinajstić information content (AvgIpc) is 2.89. The molecule has 1 aromatic heterocycles. The van der Waals surface area contributed by atoms with Gasteiger partial charge in [0, 0.05) is 11.8 Å². The Kier molecular flexibility index (Phi) is 3.58. The Hall–Kier alpha value is -1.66. The molecule has 1 aliphatic rings. The van der Waals surface area contributed by atoms with E-state index in [1.165, 1.54) is 0 Å². The van der Waals surface area contributed by atoms with Crippen molar-refractivity contribution < 1.29 is 9.47 Å². The van der Waals surface area contributed by atoms with Gasteiger partial charge < -0.3 is 14.4 Å². The second-order valence-electron chi connectivity index (χ2n) is 4.07. The van der Waals surface area contributed by atoms with Crippen molar-refractivity contribution in [3.8, 4) is 11.5 Å². The van der Waals surface area contributed by atoms with Crippen LogP contribution in [0.2, 0.25) is 5.28 Å². The number of anilines is 2. The topological polar surface area (TPSA) is 47.5 Å². The maximum Gasteiger partial charge on any atom is 0.223 e. The summed E-state index contributed by atoms with van der Waals surface area (Å²) in [7, 11) is 3.24. The first-order valence-electron chi connectivity index (χ1n) is 5.88. The van der Waals surface area contributed by atoms with E-state index in [0.717, 1.165) is 22.3 Å². The zero-order valence-corrected chi connectivity index (χ0v) is 12.5. The van der Waals surface area contributed by atoms with Crippen LogP contribution in [0.5, 0.6) is 11.5 Å². The Bertz CT molecular complexity index is 654. The van der Waals surface area contributed by atoms with Crippen LogP contribution in [0, 0.1) is 0 Å². The third kappa shape index (κ3) is 2.25. The Morgan fingerprint density at radius 3 is 2.80 bits per heavy atom. The second kappa shape index (κ2) is 5.38. The molecule has 20 heavy (non-hydrogen) atoms. The number of fused-ring (bicyclic) bond motifs is 1. The molecule has 0 saturated carbocycles. The number of ether oxygens (including phenoxy) is 2. The van der Waals surface area contributed by atoms with E-state index >= 15 is 0 Å². The van der Waals surface area contributed by atoms with Crippen LogP contribution in [-0.4, -0.2) is 30.1 Å². The van der Waals surface area contributed by atoms with Crippen LogP contribution < -0.4 is 14.4 Å². The molecule has 104 valence electrons. The minimum absolute atomic E-state index is 0.269. The lowest BCUT2D eigenvalue weighted by Gasteiger charge is -2.19. The van der Waals surface area contributed by atoms with Gasteiger partial charge >= 0.3 is 0 Å². The molecular formula is C13H12ClN3O2S. The summed E-state index contributed by atoms with van der Waals surface area (Å²) >= 11 is 7.44. The highest BCUT2D eigenvalue weighted by atomic mass is 35.5. The van der Waals surface area contributed by atoms with Gasteiger partial charge in [-0.05, 0) is 23.7 Å². The molecule has 1 aliphatic heterocycles. The fourth-order valence-corrected chi connectivity index (χ4v) is 3.22. The smallest absolute Gasteiger partial charge is 0.223 e. The number of rotatable bonds is 3. The first-order valence-corrected chi connectivity index (χ1v) is 7.24. The highest BCUT2D eigenvalue weighted by molar-refractivity contribution is 7.99. The average molecular weight is 310 g/mol. The van der Waals surface area contributed by atoms with Crippen LogP contribution >= 0.6 is 23.4 Å². The van der Waals surface area contributed by atoms with Gasteiger partial charge in [-0.2, -0.15) is 0 Å². The number of aromatic nitrogens is 2. The Morgan fingerprint density at radius 1 is 1.25 bits per heavy atom. The number of halogens is 1. The Labute approximate surface area is 125 Å². The lowest BCUT2D eigenvalue weighted by molar-refractivity contribution is 0.355. The first-order chi connectivity index (χ1) is 9.72. The van der Waals surface area contributed by atoms with E-state index in [0.29, 0.717) is 11.5 Å². The van der Waals surface area contributed by atoms with E-state index in [2.05, 4.69) is 14.9 Å². The second-order valence-corrected chi connectivity index (χ2v) is 5.34. The summed E-state index contributed by atoms with van der Waals surface area (Å²) in [5.74, 6) is 2.16. The molecule has 0 radical (unpaired) electrons. The summed E-state index contributed by atoms with van der Waals surface area (Å²) in [6.07, 6.45) is 1.74. The zero-order valence-electron chi connectivity index (χ0n) is 11.0. The minimum Gasteiger partial charge on any atom is -0.493 e. The van der Waals surface area contributed by atoms with Gasteiger partial charge in [-0.15, -0.1) is 0 Å². The standard InChI is InChI=1S/C13H12ClN3O2S/c1-18-10-4-3-8(5-11(10)19-2)17-7-20-12-9(17)6-15-13(14)16-12/h3-6H,7H2,1-2H3. The number of methoxy groups -OCH3 is 2. The molecule has 0 unspecified atom stereocenters. The maximum atomic E-state index is 5.81. The van der Waals surface area contributed by atoms with Crippen LogP contribution in [0.3, 0.4) is 0 Å². The highest BCUT2D eigenvalue weighted by Gasteiger charge is 2.24. The van der Waals surface area contributed by atoms with Gasteiger partial charge in [0.1, 0.15) is 5.03 Å². The van der Waals surface area contributed by atoms with Crippen LogP contribution in [0.4, 0.5) is 11.4 Å². The van der Waals surface area contributed by atoms with Gasteiger partial charge in [-0.1, -0.05) is 11.8 Å². The third-order valence-electron chi connectivity index (χ3n) is 3.01. The summed E-state index contributed by atoms with van der Waals surface area (Å²) < 4.78 is 10.6. The molecular weight excluding hydrogens is 298 g/mol. The molecule has 5 nitrogen and oxygen atoms in total. The minimum atomic E-state index is 0.269. The number of hydrogen-bond donors (Lipinski definition) is 0. The van der Waals surface area contributed by atoms with Crippen molar-refractivity contribution in [1.82, 2.24) is 9.97 Å². The van der Waals surface area contributed by atoms with Crippen LogP contribution in [0.1, 0.15) is 0 Å². The van der Waals surface area contributed by atoms with Crippen molar-refractivity contribution in [3.05, 3.63) is 29.7 Å². The summed E-state index contributed by atoms with van der Waals surface area (Å²) in [6.45, 7) is 0. The molecule has 0 aliphatic carbocycles. The van der Waals surface area contributed by atoms with Crippen molar-refractivity contribution in [2.24, 2.45) is 0 Å². The van der Waals surface area contributed by atoms with Gasteiger partial charge in [-0.3, -0.25) is 0 Å². The van der Waals surface area contributed by atoms with Gasteiger partial charge in [0.05, 0.1) is 32.0 Å². The van der Waals surface area contributed by atoms with E-state index in [-0.39, 0.29) is 5.28 Å². The van der Waals surface area contributed by atoms with Crippen molar-refractivity contribution in [3.63, 3.8) is 0 Å². The molecule has 7 heteroatoms. The van der Waals surface area contributed by atoms with Crippen molar-refractivity contribution in [2.75, 3.05) is 25.0 Å². The molecule has 3 rings (SSSR count). The molecule has 0 fully saturated rings. The monoisotopic (exact) mass is 309 g/mol.